The Labute approximate surface area is 416 Å². The normalized spacial score (nSPS) is 25.8. The molecule has 1 aromatic rings. The van der Waals surface area contributed by atoms with Gasteiger partial charge in [0, 0.05) is 45.4 Å². The summed E-state index contributed by atoms with van der Waals surface area (Å²) in [6.45, 7) is 7.43. The van der Waals surface area contributed by atoms with Crippen molar-refractivity contribution in [2.75, 3.05) is 71.5 Å². The van der Waals surface area contributed by atoms with Crippen LogP contribution in [0, 0.1) is 18.8 Å². The number of halogens is 1. The summed E-state index contributed by atoms with van der Waals surface area (Å²) in [7, 11) is 2.87. The molecule has 1 aromatic carbocycles. The van der Waals surface area contributed by atoms with Gasteiger partial charge in [0.2, 0.25) is 41.4 Å². The van der Waals surface area contributed by atoms with Gasteiger partial charge in [0.05, 0.1) is 42.9 Å². The summed E-state index contributed by atoms with van der Waals surface area (Å²) in [5.41, 5.74) is 0.0213. The van der Waals surface area contributed by atoms with Crippen LogP contribution in [-0.2, 0) is 68.6 Å². The molecule has 9 N–H and O–H groups in total. The highest BCUT2D eigenvalue weighted by atomic mass is 35.5. The number of carbonyl (C=O) groups is 9. The van der Waals surface area contributed by atoms with Crippen LogP contribution in [0.2, 0.25) is 5.02 Å². The van der Waals surface area contributed by atoms with Crippen molar-refractivity contribution in [3.63, 3.8) is 0 Å². The number of fused-ring (bicyclic) bond motifs is 5. The summed E-state index contributed by atoms with van der Waals surface area (Å²) >= 11 is 6.78. The molecule has 8 unspecified atom stereocenters. The smallest absolute Gasteiger partial charge is 0.409 e. The molecule has 0 spiro atoms. The van der Waals surface area contributed by atoms with E-state index in [9.17, 15) is 48.3 Å². The standard InChI is InChI=1S/C46H66ClN9O15/c1-25-10-9-11-27(3)46(66)18-32(69-44(65)54-46)28(4)42-45(6,71-42)33(17-39(62)56(8)31-16-30(14-25)15-26(2)41(31)47)70-43(64)29(5)55(7)40(63)24-67-22-37(60)53-21-36(59)52-20-35(58)51-19-34(57)49-12-13-50-38(61)23-68-48/h9-11,15-16,27-29,32-33,42,66H,12-14,17-24,48H2,1-8H3,(H,49,57)(H,50,61)(H,51,58)(H,52,59)(H,53,60)(H,54,65)/b11-9+,25-10+. The van der Waals surface area contributed by atoms with E-state index in [4.69, 9.17) is 36.4 Å². The first kappa shape index (κ1) is 57.4. The van der Waals surface area contributed by atoms with Crippen molar-refractivity contribution in [2.45, 2.75) is 96.5 Å². The minimum absolute atomic E-state index is 0.00606. The van der Waals surface area contributed by atoms with Gasteiger partial charge in [-0.25, -0.2) is 15.5 Å². The van der Waals surface area contributed by atoms with E-state index in [0.717, 1.165) is 21.6 Å². The summed E-state index contributed by atoms with van der Waals surface area (Å²) in [6, 6.07) is 2.49. The number of alkyl carbamates (subject to hydrolysis) is 1. The van der Waals surface area contributed by atoms with Gasteiger partial charge in [-0.2, -0.15) is 0 Å². The molecule has 0 aromatic heterocycles. The Balaban J connectivity index is 1.34. The van der Waals surface area contributed by atoms with Gasteiger partial charge in [0.15, 0.2) is 0 Å². The number of amides is 8. The fraction of sp³-hybridized carbons (Fsp3) is 0.587. The van der Waals surface area contributed by atoms with Crippen LogP contribution in [-0.4, -0.2) is 166 Å². The maximum absolute atomic E-state index is 14.2. The van der Waals surface area contributed by atoms with Gasteiger partial charge in [-0.1, -0.05) is 55.3 Å². The number of hydrogen-bond donors (Lipinski definition) is 8. The number of nitrogens with two attached hydrogens (primary N) is 1. The zero-order chi connectivity index (χ0) is 52.8. The number of esters is 1. The zero-order valence-corrected chi connectivity index (χ0v) is 41.9. The fourth-order valence-electron chi connectivity index (χ4n) is 7.80. The second-order valence-electron chi connectivity index (χ2n) is 18.0. The molecule has 71 heavy (non-hydrogen) atoms. The van der Waals surface area contributed by atoms with Gasteiger partial charge in [0.25, 0.3) is 0 Å². The van der Waals surface area contributed by atoms with Gasteiger partial charge in [0.1, 0.15) is 49.4 Å². The van der Waals surface area contributed by atoms with Crippen LogP contribution in [0.15, 0.2) is 35.9 Å². The van der Waals surface area contributed by atoms with E-state index in [0.29, 0.717) is 17.1 Å². The first-order valence-electron chi connectivity index (χ1n) is 22.9. The summed E-state index contributed by atoms with van der Waals surface area (Å²) in [5, 5.41) is 26.4. The fourth-order valence-corrected chi connectivity index (χ4v) is 8.03. The highest BCUT2D eigenvalue weighted by Gasteiger charge is 2.64. The summed E-state index contributed by atoms with van der Waals surface area (Å²) < 4.78 is 23.2. The van der Waals surface area contributed by atoms with Crippen LogP contribution in [0.1, 0.15) is 58.6 Å². The minimum atomic E-state index is -1.68. The van der Waals surface area contributed by atoms with E-state index < -0.39 is 134 Å². The van der Waals surface area contributed by atoms with Crippen molar-refractivity contribution >= 4 is 70.7 Å². The van der Waals surface area contributed by atoms with Crippen LogP contribution in [0.25, 0.3) is 0 Å². The number of nitrogens with one attached hydrogen (secondary N) is 6. The molecule has 4 rings (SSSR count). The Morgan fingerprint density at radius 2 is 1.54 bits per heavy atom. The number of likely N-dealkylation sites (N-methyl/N-ethyl adjacent to an activating group) is 1. The van der Waals surface area contributed by atoms with E-state index >= 15 is 0 Å². The summed E-state index contributed by atoms with van der Waals surface area (Å²) in [4.78, 5) is 120. The number of aryl methyl sites for hydroxylation is 1. The highest BCUT2D eigenvalue weighted by molar-refractivity contribution is 6.34. The van der Waals surface area contributed by atoms with E-state index in [1.807, 2.05) is 38.1 Å². The third kappa shape index (κ3) is 16.4. The van der Waals surface area contributed by atoms with E-state index in [-0.39, 0.29) is 32.5 Å². The van der Waals surface area contributed by atoms with Crippen molar-refractivity contribution in [1.29, 1.82) is 0 Å². The van der Waals surface area contributed by atoms with Crippen molar-refractivity contribution in [1.82, 2.24) is 36.8 Å². The number of aliphatic hydroxyl groups is 1. The molecule has 2 saturated heterocycles. The van der Waals surface area contributed by atoms with Gasteiger partial charge >= 0.3 is 12.1 Å². The number of epoxide rings is 1. The van der Waals surface area contributed by atoms with Crippen LogP contribution >= 0.6 is 11.6 Å². The molecule has 8 atom stereocenters. The van der Waals surface area contributed by atoms with Gasteiger partial charge in [-0.05, 0) is 51.3 Å². The highest BCUT2D eigenvalue weighted by Crippen LogP contribution is 2.49. The van der Waals surface area contributed by atoms with E-state index in [2.05, 4.69) is 36.7 Å². The van der Waals surface area contributed by atoms with Gasteiger partial charge in [-0.3, -0.25) is 43.7 Å². The van der Waals surface area contributed by atoms with Gasteiger partial charge in [-0.15, -0.1) is 0 Å². The molecule has 3 heterocycles. The number of allylic oxidation sites excluding steroid dienone is 3. The largest absolute Gasteiger partial charge is 0.457 e. The Bertz CT molecular complexity index is 2250. The lowest BCUT2D eigenvalue weighted by molar-refractivity contribution is -0.163. The van der Waals surface area contributed by atoms with E-state index in [1.54, 1.807) is 33.9 Å². The number of anilines is 1. The lowest BCUT2D eigenvalue weighted by Crippen LogP contribution is -2.60. The van der Waals surface area contributed by atoms with Crippen molar-refractivity contribution in [3.05, 3.63) is 52.1 Å². The van der Waals surface area contributed by atoms with Crippen LogP contribution in [0.5, 0.6) is 0 Å². The summed E-state index contributed by atoms with van der Waals surface area (Å²) in [5.74, 6) is -1.67. The molecular weight excluding hydrogens is 954 g/mol. The molecule has 0 saturated carbocycles. The first-order chi connectivity index (χ1) is 33.4. The van der Waals surface area contributed by atoms with Crippen molar-refractivity contribution < 1.29 is 72.0 Å². The number of benzene rings is 1. The number of ether oxygens (including phenoxy) is 4. The van der Waals surface area contributed by atoms with Crippen LogP contribution in [0.4, 0.5) is 10.5 Å². The van der Waals surface area contributed by atoms with Gasteiger partial charge < -0.3 is 60.4 Å². The molecule has 0 aliphatic carbocycles. The van der Waals surface area contributed by atoms with E-state index in [1.165, 1.54) is 18.9 Å². The SMILES string of the molecule is C/C1=C\C=C\C(C)C2(O)CC(OC(=O)N2)C(C)C2OC2(C)C(OC(=O)C(C)N(C)C(=O)COCC(=O)NCC(=O)NCC(=O)NCC(=O)NCCNC(=O)CON)CC(=O)N(C)c2cc(cc(C)c2Cl)C1. The molecule has 0 radical (unpaired) electrons. The maximum Gasteiger partial charge on any atom is 0.409 e. The molecule has 3 aliphatic heterocycles. The second-order valence-corrected chi connectivity index (χ2v) is 18.4. The van der Waals surface area contributed by atoms with Crippen LogP contribution < -0.4 is 42.7 Å². The lowest BCUT2D eigenvalue weighted by atomic mass is 9.82. The Kier molecular flexibility index (Phi) is 20.9. The molecular formula is C46H66ClN9O15. The second kappa shape index (κ2) is 25.8. The topological polar surface area (TPSA) is 328 Å². The van der Waals surface area contributed by atoms with Crippen molar-refractivity contribution in [3.8, 4) is 0 Å². The predicted octanol–water partition coefficient (Wildman–Crippen LogP) is -1.08. The average molecular weight is 1020 g/mol. The monoisotopic (exact) mass is 1020 g/mol. The Hall–Kier alpha value is -6.18. The molecule has 3 aliphatic rings. The molecule has 392 valence electrons. The molecule has 24 nitrogen and oxygen atoms in total. The zero-order valence-electron chi connectivity index (χ0n) is 41.1. The minimum Gasteiger partial charge on any atom is -0.457 e. The molecule has 25 heteroatoms. The maximum atomic E-state index is 14.2. The molecule has 2 fully saturated rings. The predicted molar refractivity (Wildman–Crippen MR) is 254 cm³/mol. The quantitative estimate of drug-likeness (QED) is 0.0376. The first-order valence-corrected chi connectivity index (χ1v) is 23.2. The number of nitrogens with zero attached hydrogens (tertiary/aromatic N) is 2. The summed E-state index contributed by atoms with van der Waals surface area (Å²) in [6.07, 6.45) is 1.98. The van der Waals surface area contributed by atoms with Crippen molar-refractivity contribution in [2.24, 2.45) is 17.7 Å². The lowest BCUT2D eigenvalue weighted by Gasteiger charge is -2.41. The Morgan fingerprint density at radius 1 is 0.944 bits per heavy atom. The third-order valence-electron chi connectivity index (χ3n) is 12.4. The number of carbonyl (C=O) groups excluding carboxylic acids is 9. The number of hydrogen-bond acceptors (Lipinski definition) is 16. The Morgan fingerprint density at radius 3 is 2.17 bits per heavy atom. The average Bonchev–Trinajstić information content (AvgIpc) is 4.01. The van der Waals surface area contributed by atoms with Crippen LogP contribution in [0.3, 0.4) is 0 Å². The molecule has 4 bridgehead atoms. The third-order valence-corrected chi connectivity index (χ3v) is 12.9. The molecule has 8 amide bonds. The number of rotatable bonds is 18.